The lowest BCUT2D eigenvalue weighted by Crippen LogP contribution is -2.46. The number of benzene rings is 1. The van der Waals surface area contributed by atoms with Gasteiger partial charge in [0.15, 0.2) is 13.4 Å². The minimum absolute atomic E-state index is 0.0441. The van der Waals surface area contributed by atoms with Crippen LogP contribution in [0.25, 0.3) is 10.4 Å². The standard InChI is InChI=1S/C33H43F3N6O5S2Si/c1-18(2)40-49(45,46)24-16-21(15-22-17-42(30(44)27(22)24)20(4)33(34,35)36)28-19(3)37-31(48-28)39-25-11-10-12-26(38-25)41-14-13-23(29(41)43)47-50(8,9)32(5,6)7/h10-12,15-16,18,20,23,40H,13-14,17H2,1-9H3,(H,37,38,39)/t20-,23-/m0/s1. The molecule has 0 spiro atoms. The van der Waals surface area contributed by atoms with Crippen LogP contribution in [0.15, 0.2) is 35.2 Å². The Morgan fingerprint density at radius 2 is 1.76 bits per heavy atom. The zero-order chi connectivity index (χ0) is 37.1. The number of pyridine rings is 1. The summed E-state index contributed by atoms with van der Waals surface area (Å²) < 4.78 is 76.8. The van der Waals surface area contributed by atoms with Gasteiger partial charge in [-0.15, -0.1) is 0 Å². The molecule has 4 heterocycles. The number of carbonyl (C=O) groups is 2. The maximum Gasteiger partial charge on any atom is 0.408 e. The molecule has 2 N–H and O–H groups in total. The number of aromatic nitrogens is 2. The summed E-state index contributed by atoms with van der Waals surface area (Å²) >= 11 is 1.19. The number of amides is 2. The van der Waals surface area contributed by atoms with Gasteiger partial charge >= 0.3 is 6.18 Å². The second-order valence-electron chi connectivity index (χ2n) is 14.5. The molecule has 2 aliphatic heterocycles. The highest BCUT2D eigenvalue weighted by atomic mass is 32.2. The highest BCUT2D eigenvalue weighted by molar-refractivity contribution is 7.89. The van der Waals surface area contributed by atoms with E-state index < -0.39 is 55.2 Å². The number of rotatable bonds is 10. The molecule has 3 aromatic rings. The van der Waals surface area contributed by atoms with Crippen LogP contribution in [0.5, 0.6) is 0 Å². The van der Waals surface area contributed by atoms with E-state index >= 15 is 0 Å². The Morgan fingerprint density at radius 3 is 2.38 bits per heavy atom. The Balaban J connectivity index is 1.43. The van der Waals surface area contributed by atoms with Crippen molar-refractivity contribution >= 4 is 58.3 Å². The normalized spacial score (nSPS) is 18.0. The monoisotopic (exact) mass is 752 g/mol. The van der Waals surface area contributed by atoms with Crippen LogP contribution in [0.4, 0.5) is 29.9 Å². The fourth-order valence-electron chi connectivity index (χ4n) is 5.64. The SMILES string of the molecule is Cc1nc(Nc2cccc(N3CC[C@H](O[Si](C)(C)C(C)(C)C)C3=O)n2)sc1-c1cc2c(c(S(=O)(=O)NC(C)C)c1)C(=O)N([C@@H](C)C(F)(F)F)C2. The molecule has 0 aliphatic carbocycles. The number of halogens is 3. The average Bonchev–Trinajstić information content (AvgIpc) is 3.64. The Kier molecular flexibility index (Phi) is 10.1. The molecule has 0 saturated carbocycles. The summed E-state index contributed by atoms with van der Waals surface area (Å²) in [5, 5.41) is 3.54. The van der Waals surface area contributed by atoms with E-state index in [9.17, 15) is 31.2 Å². The number of hydrogen-bond acceptors (Lipinski definition) is 9. The van der Waals surface area contributed by atoms with Gasteiger partial charge in [-0.3, -0.25) is 14.5 Å². The van der Waals surface area contributed by atoms with Crippen LogP contribution >= 0.6 is 11.3 Å². The van der Waals surface area contributed by atoms with Crippen LogP contribution in [0.1, 0.15) is 69.6 Å². The van der Waals surface area contributed by atoms with Crippen molar-refractivity contribution < 1.29 is 35.6 Å². The van der Waals surface area contributed by atoms with Crippen molar-refractivity contribution in [3.63, 3.8) is 0 Å². The third kappa shape index (κ3) is 7.47. The largest absolute Gasteiger partial charge is 0.408 e. The summed E-state index contributed by atoms with van der Waals surface area (Å²) in [5.74, 6) is -0.250. The molecule has 5 rings (SSSR count). The van der Waals surface area contributed by atoms with Crippen molar-refractivity contribution in [3.05, 3.63) is 47.2 Å². The van der Waals surface area contributed by atoms with Gasteiger partial charge in [0, 0.05) is 19.1 Å². The molecule has 2 atom stereocenters. The molecule has 1 aromatic carbocycles. The van der Waals surface area contributed by atoms with Gasteiger partial charge in [-0.2, -0.15) is 13.2 Å². The first-order chi connectivity index (χ1) is 23.0. The van der Waals surface area contributed by atoms with Gasteiger partial charge in [0.2, 0.25) is 10.0 Å². The minimum Gasteiger partial charge on any atom is -0.405 e. The fraction of sp³-hybridized carbons (Fsp3) is 0.515. The molecule has 0 unspecified atom stereocenters. The number of fused-ring (bicyclic) bond motifs is 1. The molecule has 1 saturated heterocycles. The topological polar surface area (TPSA) is 134 Å². The first kappa shape index (κ1) is 37.9. The lowest BCUT2D eigenvalue weighted by atomic mass is 10.0. The Labute approximate surface area is 295 Å². The zero-order valence-electron chi connectivity index (χ0n) is 29.5. The van der Waals surface area contributed by atoms with Gasteiger partial charge in [-0.1, -0.05) is 38.2 Å². The van der Waals surface area contributed by atoms with Gasteiger partial charge in [0.05, 0.1) is 21.0 Å². The Bertz CT molecular complexity index is 1930. The van der Waals surface area contributed by atoms with Crippen LogP contribution in [-0.4, -0.2) is 74.3 Å². The highest BCUT2D eigenvalue weighted by Crippen LogP contribution is 2.42. The van der Waals surface area contributed by atoms with E-state index in [1.54, 1.807) is 49.9 Å². The smallest absolute Gasteiger partial charge is 0.405 e. The summed E-state index contributed by atoms with van der Waals surface area (Å²) in [6, 6.07) is 5.46. The van der Waals surface area contributed by atoms with Crippen LogP contribution in [0, 0.1) is 6.92 Å². The third-order valence-electron chi connectivity index (χ3n) is 9.33. The Morgan fingerprint density at radius 1 is 1.08 bits per heavy atom. The Hall–Kier alpha value is -3.38. The van der Waals surface area contributed by atoms with E-state index in [-0.39, 0.29) is 27.0 Å². The molecular formula is C33H43F3N6O5S2Si. The molecule has 2 aromatic heterocycles. The highest BCUT2D eigenvalue weighted by Gasteiger charge is 2.47. The molecule has 0 radical (unpaired) electrons. The number of hydrogen-bond donors (Lipinski definition) is 2. The molecule has 0 bridgehead atoms. The van der Waals surface area contributed by atoms with E-state index in [2.05, 4.69) is 53.9 Å². The quantitative estimate of drug-likeness (QED) is 0.212. The van der Waals surface area contributed by atoms with Crippen molar-refractivity contribution in [3.8, 4) is 10.4 Å². The van der Waals surface area contributed by atoms with E-state index in [1.807, 2.05) is 0 Å². The summed E-state index contributed by atoms with van der Waals surface area (Å²) in [5.41, 5.74) is 0.824. The number of anilines is 3. The predicted octanol–water partition coefficient (Wildman–Crippen LogP) is 6.98. The molecule has 1 fully saturated rings. The number of carbonyl (C=O) groups excluding carboxylic acids is 2. The van der Waals surface area contributed by atoms with Gasteiger partial charge < -0.3 is 14.6 Å². The maximum atomic E-state index is 13.7. The van der Waals surface area contributed by atoms with Crippen LogP contribution in [0.3, 0.4) is 0 Å². The maximum absolute atomic E-state index is 13.7. The van der Waals surface area contributed by atoms with Crippen LogP contribution < -0.4 is 14.9 Å². The van der Waals surface area contributed by atoms with Gasteiger partial charge in [0.25, 0.3) is 11.8 Å². The van der Waals surface area contributed by atoms with Crippen molar-refractivity contribution in [1.29, 1.82) is 0 Å². The second-order valence-corrected chi connectivity index (χ2v) is 22.0. The molecule has 2 aliphatic rings. The number of sulfonamides is 1. The lowest BCUT2D eigenvalue weighted by Gasteiger charge is -2.37. The summed E-state index contributed by atoms with van der Waals surface area (Å²) in [6.45, 7) is 16.5. The van der Waals surface area contributed by atoms with E-state index in [1.165, 1.54) is 17.4 Å². The number of nitrogens with one attached hydrogen (secondary N) is 2. The number of aryl methyl sites for hydroxylation is 1. The summed E-state index contributed by atoms with van der Waals surface area (Å²) in [4.78, 5) is 38.4. The fourth-order valence-corrected chi connectivity index (χ4v) is 9.40. The first-order valence-corrected chi connectivity index (χ1v) is 21.5. The van der Waals surface area contributed by atoms with Crippen molar-refractivity contribution in [2.75, 3.05) is 16.8 Å². The van der Waals surface area contributed by atoms with Crippen LogP contribution in [-0.2, 0) is 25.8 Å². The zero-order valence-corrected chi connectivity index (χ0v) is 32.2. The molecule has 50 heavy (non-hydrogen) atoms. The van der Waals surface area contributed by atoms with Crippen molar-refractivity contribution in [2.24, 2.45) is 0 Å². The number of alkyl halides is 3. The van der Waals surface area contributed by atoms with E-state index in [0.717, 1.165) is 6.92 Å². The first-order valence-electron chi connectivity index (χ1n) is 16.3. The van der Waals surface area contributed by atoms with Gasteiger partial charge in [-0.05, 0) is 87.6 Å². The molecule has 2 amide bonds. The molecule has 17 heteroatoms. The minimum atomic E-state index is -4.70. The second kappa shape index (κ2) is 13.3. The van der Waals surface area contributed by atoms with Gasteiger partial charge in [-0.25, -0.2) is 23.1 Å². The number of thiazole rings is 1. The lowest BCUT2D eigenvalue weighted by molar-refractivity contribution is -0.172. The molecule has 11 nitrogen and oxygen atoms in total. The van der Waals surface area contributed by atoms with E-state index in [0.29, 0.717) is 50.8 Å². The summed E-state index contributed by atoms with van der Waals surface area (Å²) in [7, 11) is -6.46. The van der Waals surface area contributed by atoms with Crippen LogP contribution in [0.2, 0.25) is 18.1 Å². The molecular weight excluding hydrogens is 710 g/mol. The van der Waals surface area contributed by atoms with Crippen molar-refractivity contribution in [2.45, 2.75) is 109 Å². The van der Waals surface area contributed by atoms with Crippen molar-refractivity contribution in [1.82, 2.24) is 19.6 Å². The third-order valence-corrected chi connectivity index (χ3v) is 16.6. The summed E-state index contributed by atoms with van der Waals surface area (Å²) in [6.07, 6.45) is -4.67. The predicted molar refractivity (Wildman–Crippen MR) is 190 cm³/mol. The molecule has 272 valence electrons. The number of nitrogens with zero attached hydrogens (tertiary/aromatic N) is 4. The average molecular weight is 753 g/mol. The van der Waals surface area contributed by atoms with E-state index in [4.69, 9.17) is 4.43 Å². The van der Waals surface area contributed by atoms with Gasteiger partial charge in [0.1, 0.15) is 23.8 Å².